The number of pyridine rings is 1. The summed E-state index contributed by atoms with van der Waals surface area (Å²) in [6.45, 7) is 0. The first-order valence-electron chi connectivity index (χ1n) is 9.77. The number of aromatic carboxylic acids is 1. The van der Waals surface area contributed by atoms with E-state index >= 15 is 0 Å². The van der Waals surface area contributed by atoms with Gasteiger partial charge in [0.2, 0.25) is 0 Å². The van der Waals surface area contributed by atoms with Crippen LogP contribution in [0.15, 0.2) is 48.8 Å². The highest BCUT2D eigenvalue weighted by atomic mass is 35.5. The van der Waals surface area contributed by atoms with Crippen molar-refractivity contribution < 1.29 is 9.90 Å². The third-order valence-corrected chi connectivity index (χ3v) is 5.76. The first-order valence-corrected chi connectivity index (χ1v) is 10.1. The van der Waals surface area contributed by atoms with Gasteiger partial charge in [0.05, 0.1) is 17.3 Å². The Hall–Kier alpha value is -2.70. The molecule has 7 heteroatoms. The Labute approximate surface area is 174 Å². The molecule has 0 spiro atoms. The van der Waals surface area contributed by atoms with Crippen molar-refractivity contribution in [2.24, 2.45) is 5.73 Å². The molecule has 0 amide bonds. The van der Waals surface area contributed by atoms with Crippen LogP contribution < -0.4 is 5.73 Å². The van der Waals surface area contributed by atoms with Gasteiger partial charge in [0.1, 0.15) is 0 Å². The van der Waals surface area contributed by atoms with Crippen molar-refractivity contribution in [2.45, 2.75) is 44.2 Å². The third kappa shape index (κ3) is 4.33. The van der Waals surface area contributed by atoms with E-state index in [2.05, 4.69) is 9.67 Å². The fourth-order valence-electron chi connectivity index (χ4n) is 3.99. The van der Waals surface area contributed by atoms with Crippen molar-refractivity contribution in [3.8, 4) is 11.3 Å². The number of carbonyl (C=O) groups is 1. The Balaban J connectivity index is 1.74. The summed E-state index contributed by atoms with van der Waals surface area (Å²) >= 11 is 6.17. The quantitative estimate of drug-likeness (QED) is 0.652. The van der Waals surface area contributed by atoms with Gasteiger partial charge in [-0.15, -0.1) is 0 Å². The Bertz CT molecular complexity index is 1030. The van der Waals surface area contributed by atoms with Crippen LogP contribution in [0, 0.1) is 0 Å². The van der Waals surface area contributed by atoms with Crippen LogP contribution in [0.1, 0.15) is 53.3 Å². The number of benzene rings is 1. The maximum Gasteiger partial charge on any atom is 0.336 e. The van der Waals surface area contributed by atoms with E-state index in [1.165, 1.54) is 12.3 Å². The van der Waals surface area contributed by atoms with Gasteiger partial charge in [-0.3, -0.25) is 9.67 Å². The van der Waals surface area contributed by atoms with Crippen molar-refractivity contribution in [3.05, 3.63) is 70.6 Å². The van der Waals surface area contributed by atoms with Crippen LogP contribution in [0.2, 0.25) is 5.02 Å². The Kier molecular flexibility index (Phi) is 5.65. The van der Waals surface area contributed by atoms with Crippen LogP contribution in [0.25, 0.3) is 11.3 Å². The molecule has 150 valence electrons. The molecule has 3 aromatic rings. The minimum atomic E-state index is -0.952. The number of aromatic nitrogens is 3. The van der Waals surface area contributed by atoms with Crippen LogP contribution in [0.3, 0.4) is 0 Å². The second-order valence-electron chi connectivity index (χ2n) is 7.56. The summed E-state index contributed by atoms with van der Waals surface area (Å²) in [5.41, 5.74) is 9.76. The van der Waals surface area contributed by atoms with E-state index in [0.29, 0.717) is 17.0 Å². The lowest BCUT2D eigenvalue weighted by molar-refractivity contribution is 0.0695. The molecule has 0 aliphatic heterocycles. The molecule has 0 radical (unpaired) electrons. The minimum Gasteiger partial charge on any atom is -0.478 e. The predicted octanol–water partition coefficient (Wildman–Crippen LogP) is 4.33. The fourth-order valence-corrected chi connectivity index (χ4v) is 4.18. The first kappa shape index (κ1) is 19.6. The van der Waals surface area contributed by atoms with Gasteiger partial charge in [0, 0.05) is 41.1 Å². The summed E-state index contributed by atoms with van der Waals surface area (Å²) in [4.78, 5) is 15.7. The zero-order valence-corrected chi connectivity index (χ0v) is 16.7. The van der Waals surface area contributed by atoms with Crippen molar-refractivity contribution in [2.75, 3.05) is 0 Å². The smallest absolute Gasteiger partial charge is 0.336 e. The lowest BCUT2D eigenvalue weighted by atomic mass is 9.91. The van der Waals surface area contributed by atoms with Gasteiger partial charge in [0.25, 0.3) is 0 Å². The molecule has 1 aliphatic carbocycles. The van der Waals surface area contributed by atoms with E-state index in [9.17, 15) is 9.90 Å². The molecule has 1 aliphatic rings. The topological polar surface area (TPSA) is 94.0 Å². The molecule has 6 nitrogen and oxygen atoms in total. The number of rotatable bonds is 5. The summed E-state index contributed by atoms with van der Waals surface area (Å²) in [5, 5.41) is 15.1. The fraction of sp³-hybridized carbons (Fsp3) is 0.318. The van der Waals surface area contributed by atoms with E-state index in [1.54, 1.807) is 6.20 Å². The minimum absolute atomic E-state index is 0.245. The molecule has 1 saturated carbocycles. The second kappa shape index (κ2) is 8.35. The van der Waals surface area contributed by atoms with Crippen molar-refractivity contribution in [3.63, 3.8) is 0 Å². The lowest BCUT2D eigenvalue weighted by Crippen LogP contribution is -2.29. The van der Waals surface area contributed by atoms with E-state index < -0.39 is 5.97 Å². The number of carboxylic acid groups (broad SMARTS) is 1. The summed E-state index contributed by atoms with van der Waals surface area (Å²) in [7, 11) is 0. The predicted molar refractivity (Wildman–Crippen MR) is 112 cm³/mol. The lowest BCUT2D eigenvalue weighted by Gasteiger charge is -2.27. The molecule has 29 heavy (non-hydrogen) atoms. The first-order chi connectivity index (χ1) is 14.0. The number of nitrogens with zero attached hydrogens (tertiary/aromatic N) is 3. The largest absolute Gasteiger partial charge is 0.478 e. The molecule has 0 atom stereocenters. The van der Waals surface area contributed by atoms with Gasteiger partial charge in [-0.05, 0) is 55.5 Å². The molecule has 2 aromatic heterocycles. The van der Waals surface area contributed by atoms with Crippen LogP contribution in [0.4, 0.5) is 0 Å². The maximum absolute atomic E-state index is 11.6. The molecule has 3 N–H and O–H groups in total. The average molecular weight is 411 g/mol. The molecule has 2 heterocycles. The Morgan fingerprint density at radius 2 is 2.00 bits per heavy atom. The van der Waals surface area contributed by atoms with Gasteiger partial charge in [-0.2, -0.15) is 5.10 Å². The van der Waals surface area contributed by atoms with Gasteiger partial charge in [-0.25, -0.2) is 4.79 Å². The summed E-state index contributed by atoms with van der Waals surface area (Å²) in [5.74, 6) is -0.952. The monoisotopic (exact) mass is 410 g/mol. The molecule has 4 rings (SSSR count). The number of halogens is 1. The zero-order chi connectivity index (χ0) is 20.4. The highest BCUT2D eigenvalue weighted by Crippen LogP contribution is 2.32. The molecule has 0 saturated heterocycles. The summed E-state index contributed by atoms with van der Waals surface area (Å²) in [6, 6.07) is 11.7. The molecular formula is C22H23ClN4O2. The van der Waals surface area contributed by atoms with Crippen molar-refractivity contribution >= 4 is 17.6 Å². The second-order valence-corrected chi connectivity index (χ2v) is 8.00. The van der Waals surface area contributed by atoms with E-state index in [4.69, 9.17) is 22.4 Å². The van der Waals surface area contributed by atoms with E-state index in [1.807, 2.05) is 30.3 Å². The molecular weight excluding hydrogens is 388 g/mol. The molecule has 0 bridgehead atoms. The normalized spacial score (nSPS) is 19.2. The summed E-state index contributed by atoms with van der Waals surface area (Å²) in [6.07, 6.45) is 7.42. The highest BCUT2D eigenvalue weighted by molar-refractivity contribution is 6.30. The van der Waals surface area contributed by atoms with Crippen molar-refractivity contribution in [1.82, 2.24) is 14.8 Å². The SMILES string of the molecule is NC1CCC(n2nc(-c3cccc(Cl)c3)cc2Cc2cnccc2C(=O)O)CC1. The number of nitrogens with two attached hydrogens (primary N) is 1. The number of hydrogen-bond donors (Lipinski definition) is 2. The summed E-state index contributed by atoms with van der Waals surface area (Å²) < 4.78 is 2.06. The maximum atomic E-state index is 11.6. The van der Waals surface area contributed by atoms with Gasteiger partial charge >= 0.3 is 5.97 Å². The van der Waals surface area contributed by atoms with Crippen LogP contribution in [-0.2, 0) is 6.42 Å². The molecule has 0 unspecified atom stereocenters. The zero-order valence-electron chi connectivity index (χ0n) is 16.0. The van der Waals surface area contributed by atoms with Crippen molar-refractivity contribution in [1.29, 1.82) is 0 Å². The van der Waals surface area contributed by atoms with Gasteiger partial charge in [0.15, 0.2) is 0 Å². The third-order valence-electron chi connectivity index (χ3n) is 5.53. The average Bonchev–Trinajstić information content (AvgIpc) is 3.13. The number of hydrogen-bond acceptors (Lipinski definition) is 4. The van der Waals surface area contributed by atoms with Gasteiger partial charge < -0.3 is 10.8 Å². The number of carboxylic acids is 1. The molecule has 1 aromatic carbocycles. The highest BCUT2D eigenvalue weighted by Gasteiger charge is 2.24. The standard InChI is InChI=1S/C22H23ClN4O2/c23-16-3-1-2-14(10-16)21-12-19(11-15-13-25-9-8-20(15)22(28)29)27(26-21)18-6-4-17(24)5-7-18/h1-3,8-10,12-13,17-18H,4-7,11,24H2,(H,28,29). The van der Waals surface area contributed by atoms with E-state index in [0.717, 1.165) is 42.6 Å². The Morgan fingerprint density at radius 1 is 1.21 bits per heavy atom. The Morgan fingerprint density at radius 3 is 2.72 bits per heavy atom. The van der Waals surface area contributed by atoms with Crippen LogP contribution in [-0.4, -0.2) is 31.9 Å². The van der Waals surface area contributed by atoms with Gasteiger partial charge in [-0.1, -0.05) is 23.7 Å². The van der Waals surface area contributed by atoms with E-state index in [-0.39, 0.29) is 17.6 Å². The van der Waals surface area contributed by atoms with Crippen LogP contribution in [0.5, 0.6) is 0 Å². The van der Waals surface area contributed by atoms with Crippen LogP contribution >= 0.6 is 11.6 Å². The molecule has 1 fully saturated rings.